The van der Waals surface area contributed by atoms with E-state index in [4.69, 9.17) is 4.74 Å². The molecule has 0 spiro atoms. The molecule has 0 saturated heterocycles. The first-order valence-corrected chi connectivity index (χ1v) is 14.0. The van der Waals surface area contributed by atoms with Crippen molar-refractivity contribution in [1.29, 1.82) is 5.26 Å². The van der Waals surface area contributed by atoms with Gasteiger partial charge in [0.05, 0.1) is 11.1 Å². The maximum atomic E-state index is 12.8. The van der Waals surface area contributed by atoms with E-state index in [1.54, 1.807) is 18.2 Å². The quantitative estimate of drug-likeness (QED) is 0.127. The van der Waals surface area contributed by atoms with Crippen LogP contribution in [0.1, 0.15) is 99.2 Å². The van der Waals surface area contributed by atoms with Gasteiger partial charge >= 0.3 is 5.97 Å². The third-order valence-corrected chi connectivity index (χ3v) is 7.16. The number of carbonyl (C=O) groups excluding carboxylic acids is 1. The van der Waals surface area contributed by atoms with Gasteiger partial charge in [0.15, 0.2) is 0 Å². The standard InChI is InChI=1S/C34H41NO2/c1-4-7-9-10-12-27-15-22-33(32(24-27)25-35)37-34(36)31-20-18-30(19-21-31)29-16-13-28(14-17-29)23-26(6-3)11-8-5-2/h13-22,24,26H,4-12,23H2,1-3H3. The van der Waals surface area contributed by atoms with Gasteiger partial charge in [-0.1, -0.05) is 108 Å². The molecule has 3 aromatic rings. The van der Waals surface area contributed by atoms with E-state index >= 15 is 0 Å². The van der Waals surface area contributed by atoms with Gasteiger partial charge in [-0.25, -0.2) is 4.79 Å². The lowest BCUT2D eigenvalue weighted by atomic mass is 9.91. The van der Waals surface area contributed by atoms with Crippen LogP contribution in [0.15, 0.2) is 66.7 Å². The predicted molar refractivity (Wildman–Crippen MR) is 153 cm³/mol. The third kappa shape index (κ3) is 8.60. The van der Waals surface area contributed by atoms with Gasteiger partial charge in [0.1, 0.15) is 11.8 Å². The van der Waals surface area contributed by atoms with Gasteiger partial charge in [-0.2, -0.15) is 5.26 Å². The molecule has 0 aromatic heterocycles. The van der Waals surface area contributed by atoms with E-state index < -0.39 is 5.97 Å². The van der Waals surface area contributed by atoms with Crippen LogP contribution in [-0.2, 0) is 12.8 Å². The fourth-order valence-corrected chi connectivity index (χ4v) is 4.73. The minimum Gasteiger partial charge on any atom is -0.422 e. The monoisotopic (exact) mass is 495 g/mol. The van der Waals surface area contributed by atoms with E-state index in [0.29, 0.717) is 16.9 Å². The second kappa shape index (κ2) is 15.0. The smallest absolute Gasteiger partial charge is 0.343 e. The van der Waals surface area contributed by atoms with E-state index in [2.05, 4.69) is 51.1 Å². The molecule has 37 heavy (non-hydrogen) atoms. The highest BCUT2D eigenvalue weighted by molar-refractivity contribution is 5.92. The molecular formula is C34H41NO2. The van der Waals surface area contributed by atoms with Crippen molar-refractivity contribution in [3.8, 4) is 22.9 Å². The van der Waals surface area contributed by atoms with Crippen LogP contribution < -0.4 is 4.74 Å². The lowest BCUT2D eigenvalue weighted by Crippen LogP contribution is -2.09. The molecule has 0 fully saturated rings. The topological polar surface area (TPSA) is 50.1 Å². The molecule has 3 rings (SSSR count). The number of carbonyl (C=O) groups is 1. The average Bonchev–Trinajstić information content (AvgIpc) is 2.94. The van der Waals surface area contributed by atoms with Crippen molar-refractivity contribution in [1.82, 2.24) is 0 Å². The number of nitriles is 1. The molecule has 0 heterocycles. The van der Waals surface area contributed by atoms with Gasteiger partial charge in [0, 0.05) is 0 Å². The third-order valence-electron chi connectivity index (χ3n) is 7.16. The predicted octanol–water partition coefficient (Wildman–Crippen LogP) is 9.33. The fraction of sp³-hybridized carbons (Fsp3) is 0.412. The second-order valence-electron chi connectivity index (χ2n) is 10.0. The van der Waals surface area contributed by atoms with Crippen LogP contribution in [0, 0.1) is 17.2 Å². The van der Waals surface area contributed by atoms with Gasteiger partial charge in [-0.05, 0) is 71.7 Å². The van der Waals surface area contributed by atoms with Crippen molar-refractivity contribution in [3.05, 3.63) is 89.0 Å². The average molecular weight is 496 g/mol. The van der Waals surface area contributed by atoms with Gasteiger partial charge in [-0.3, -0.25) is 0 Å². The first kappa shape index (κ1) is 28.2. The number of unbranched alkanes of at least 4 members (excludes halogenated alkanes) is 4. The molecule has 1 unspecified atom stereocenters. The number of esters is 1. The Labute approximate surface area is 223 Å². The summed E-state index contributed by atoms with van der Waals surface area (Å²) < 4.78 is 5.60. The number of rotatable bonds is 14. The molecule has 0 bridgehead atoms. The normalized spacial score (nSPS) is 11.6. The maximum absolute atomic E-state index is 12.8. The van der Waals surface area contributed by atoms with Gasteiger partial charge in [0.2, 0.25) is 0 Å². The van der Waals surface area contributed by atoms with Crippen LogP contribution >= 0.6 is 0 Å². The van der Waals surface area contributed by atoms with Crippen LogP contribution in [0.2, 0.25) is 0 Å². The Balaban J connectivity index is 1.61. The molecule has 0 aliphatic heterocycles. The molecule has 0 aliphatic carbocycles. The molecule has 0 amide bonds. The minimum atomic E-state index is -0.452. The zero-order valence-corrected chi connectivity index (χ0v) is 22.8. The van der Waals surface area contributed by atoms with E-state index in [9.17, 15) is 10.1 Å². The van der Waals surface area contributed by atoms with Crippen LogP contribution in [0.4, 0.5) is 0 Å². The van der Waals surface area contributed by atoms with Crippen molar-refractivity contribution in [2.75, 3.05) is 0 Å². The molecule has 0 aliphatic rings. The summed E-state index contributed by atoms with van der Waals surface area (Å²) >= 11 is 0. The lowest BCUT2D eigenvalue weighted by molar-refractivity contribution is 0.0734. The Morgan fingerprint density at radius 2 is 1.46 bits per heavy atom. The number of aryl methyl sites for hydroxylation is 1. The van der Waals surface area contributed by atoms with Crippen LogP contribution in [0.5, 0.6) is 5.75 Å². The molecule has 3 heteroatoms. The Morgan fingerprint density at radius 1 is 0.811 bits per heavy atom. The lowest BCUT2D eigenvalue weighted by Gasteiger charge is -2.14. The van der Waals surface area contributed by atoms with Gasteiger partial charge in [-0.15, -0.1) is 0 Å². The van der Waals surface area contributed by atoms with E-state index in [1.165, 1.54) is 50.5 Å². The minimum absolute atomic E-state index is 0.314. The summed E-state index contributed by atoms with van der Waals surface area (Å²) in [5, 5.41) is 9.58. The largest absolute Gasteiger partial charge is 0.422 e. The summed E-state index contributed by atoms with van der Waals surface area (Å²) in [5.74, 6) is 0.611. The molecule has 3 nitrogen and oxygen atoms in total. The Hall–Kier alpha value is -3.38. The number of nitrogens with zero attached hydrogens (tertiary/aromatic N) is 1. The highest BCUT2D eigenvalue weighted by Gasteiger charge is 2.13. The van der Waals surface area contributed by atoms with Crippen molar-refractivity contribution in [2.24, 2.45) is 5.92 Å². The Morgan fingerprint density at radius 3 is 2.08 bits per heavy atom. The molecule has 194 valence electrons. The number of hydrogen-bond acceptors (Lipinski definition) is 3. The number of hydrogen-bond donors (Lipinski definition) is 0. The van der Waals surface area contributed by atoms with E-state index in [0.717, 1.165) is 41.9 Å². The molecule has 0 radical (unpaired) electrons. The maximum Gasteiger partial charge on any atom is 0.343 e. The highest BCUT2D eigenvalue weighted by atomic mass is 16.5. The summed E-state index contributed by atoms with van der Waals surface area (Å²) in [7, 11) is 0. The summed E-state index contributed by atoms with van der Waals surface area (Å²) in [4.78, 5) is 12.8. The van der Waals surface area contributed by atoms with Crippen molar-refractivity contribution >= 4 is 5.97 Å². The van der Waals surface area contributed by atoms with Crippen molar-refractivity contribution in [2.45, 2.75) is 85.0 Å². The first-order valence-electron chi connectivity index (χ1n) is 14.0. The second-order valence-corrected chi connectivity index (χ2v) is 10.0. The molecule has 1 atom stereocenters. The molecular weight excluding hydrogens is 454 g/mol. The zero-order chi connectivity index (χ0) is 26.5. The summed E-state index contributed by atoms with van der Waals surface area (Å²) in [6.07, 6.45) is 11.9. The molecule has 0 N–H and O–H groups in total. The van der Waals surface area contributed by atoms with Crippen molar-refractivity contribution in [3.63, 3.8) is 0 Å². The van der Waals surface area contributed by atoms with Crippen LogP contribution in [0.3, 0.4) is 0 Å². The zero-order valence-electron chi connectivity index (χ0n) is 22.8. The molecule has 0 saturated carbocycles. The summed E-state index contributed by atoms with van der Waals surface area (Å²) in [6.45, 7) is 6.73. The van der Waals surface area contributed by atoms with Crippen LogP contribution in [-0.4, -0.2) is 5.97 Å². The SMILES string of the molecule is CCCCCCc1ccc(OC(=O)c2ccc(-c3ccc(CC(CC)CCCC)cc3)cc2)c(C#N)c1. The summed E-state index contributed by atoms with van der Waals surface area (Å²) in [6, 6.07) is 24.0. The number of benzene rings is 3. The van der Waals surface area contributed by atoms with Crippen molar-refractivity contribution < 1.29 is 9.53 Å². The van der Waals surface area contributed by atoms with Crippen LogP contribution in [0.25, 0.3) is 11.1 Å². The molecule has 3 aromatic carbocycles. The Kier molecular flexibility index (Phi) is 11.4. The fourth-order valence-electron chi connectivity index (χ4n) is 4.73. The van der Waals surface area contributed by atoms with E-state index in [-0.39, 0.29) is 0 Å². The number of ether oxygens (including phenoxy) is 1. The van der Waals surface area contributed by atoms with Gasteiger partial charge in [0.25, 0.3) is 0 Å². The van der Waals surface area contributed by atoms with Gasteiger partial charge < -0.3 is 4.74 Å². The van der Waals surface area contributed by atoms with E-state index in [1.807, 2.05) is 24.3 Å². The summed E-state index contributed by atoms with van der Waals surface area (Å²) in [5.41, 5.74) is 5.55. The Bertz CT molecular complexity index is 1160. The highest BCUT2D eigenvalue weighted by Crippen LogP contribution is 2.25. The first-order chi connectivity index (χ1) is 18.1.